The molecule has 1 saturated heterocycles. The van der Waals surface area contributed by atoms with E-state index in [0.29, 0.717) is 6.04 Å². The first kappa shape index (κ1) is 15.5. The van der Waals surface area contributed by atoms with Gasteiger partial charge in [-0.05, 0) is 29.9 Å². The lowest BCUT2D eigenvalue weighted by Crippen LogP contribution is -2.26. The highest BCUT2D eigenvalue weighted by Gasteiger charge is 2.18. The summed E-state index contributed by atoms with van der Waals surface area (Å²) < 4.78 is 0. The van der Waals surface area contributed by atoms with Gasteiger partial charge >= 0.3 is 0 Å². The molecule has 1 unspecified atom stereocenters. The predicted molar refractivity (Wildman–Crippen MR) is 80.1 cm³/mol. The molecule has 1 aliphatic heterocycles. The number of benzene rings is 1. The first-order valence-corrected chi connectivity index (χ1v) is 6.69. The second-order valence-electron chi connectivity index (χ2n) is 5.70. The Morgan fingerprint density at radius 3 is 2.33 bits per heavy atom. The van der Waals surface area contributed by atoms with Crippen LogP contribution in [0.3, 0.4) is 0 Å². The molecule has 1 aromatic rings. The number of hydrogen-bond acceptors (Lipinski definition) is 2. The van der Waals surface area contributed by atoms with E-state index in [-0.39, 0.29) is 12.4 Å². The third-order valence-electron chi connectivity index (χ3n) is 3.38. The van der Waals surface area contributed by atoms with Crippen LogP contribution in [0.4, 0.5) is 0 Å². The second-order valence-corrected chi connectivity index (χ2v) is 5.70. The van der Waals surface area contributed by atoms with E-state index >= 15 is 0 Å². The van der Waals surface area contributed by atoms with Gasteiger partial charge in [-0.2, -0.15) is 0 Å². The number of likely N-dealkylation sites (tertiary alicyclic amines) is 1. The van der Waals surface area contributed by atoms with Crippen molar-refractivity contribution in [3.8, 4) is 0 Å². The van der Waals surface area contributed by atoms with Gasteiger partial charge in [0.25, 0.3) is 0 Å². The van der Waals surface area contributed by atoms with E-state index in [1.807, 2.05) is 0 Å². The molecule has 0 radical (unpaired) electrons. The molecule has 0 aromatic heterocycles. The van der Waals surface area contributed by atoms with Crippen LogP contribution in [0.25, 0.3) is 0 Å². The Kier molecular flexibility index (Phi) is 6.13. The smallest absolute Gasteiger partial charge is 0.0234 e. The summed E-state index contributed by atoms with van der Waals surface area (Å²) in [5.41, 5.74) is 8.77. The summed E-state index contributed by atoms with van der Waals surface area (Å²) in [6.07, 6.45) is 2.32. The molecule has 1 fully saturated rings. The largest absolute Gasteiger partial charge is 0.326 e. The Morgan fingerprint density at radius 2 is 1.83 bits per heavy atom. The van der Waals surface area contributed by atoms with Gasteiger partial charge in [-0.25, -0.2) is 0 Å². The van der Waals surface area contributed by atoms with Crippen LogP contribution in [0.1, 0.15) is 31.4 Å². The second kappa shape index (κ2) is 7.13. The minimum absolute atomic E-state index is 0. The van der Waals surface area contributed by atoms with Gasteiger partial charge in [-0.15, -0.1) is 12.4 Å². The van der Waals surface area contributed by atoms with Gasteiger partial charge < -0.3 is 5.73 Å². The van der Waals surface area contributed by atoms with Gasteiger partial charge in [0, 0.05) is 25.7 Å². The fourth-order valence-corrected chi connectivity index (χ4v) is 2.52. The summed E-state index contributed by atoms with van der Waals surface area (Å²) in [4.78, 5) is 2.45. The summed E-state index contributed by atoms with van der Waals surface area (Å²) in [6.45, 7) is 7.78. The van der Waals surface area contributed by atoms with Crippen molar-refractivity contribution >= 4 is 12.4 Å². The molecule has 0 aliphatic carbocycles. The van der Waals surface area contributed by atoms with Crippen molar-refractivity contribution in [3.63, 3.8) is 0 Å². The summed E-state index contributed by atoms with van der Waals surface area (Å²) in [5, 5.41) is 0. The Bertz CT molecular complexity index is 348. The fourth-order valence-electron chi connectivity index (χ4n) is 2.52. The normalized spacial score (nSPS) is 20.1. The molecule has 1 aliphatic rings. The van der Waals surface area contributed by atoms with E-state index in [2.05, 4.69) is 43.0 Å². The van der Waals surface area contributed by atoms with Crippen molar-refractivity contribution in [2.24, 2.45) is 11.7 Å². The third-order valence-corrected chi connectivity index (χ3v) is 3.38. The lowest BCUT2D eigenvalue weighted by atomic mass is 10.0. The van der Waals surface area contributed by atoms with Crippen LogP contribution >= 0.6 is 12.4 Å². The molecule has 0 spiro atoms. The molecule has 2 rings (SSSR count). The molecule has 2 nitrogen and oxygen atoms in total. The van der Waals surface area contributed by atoms with E-state index in [4.69, 9.17) is 5.73 Å². The molecule has 3 heteroatoms. The number of halogens is 1. The van der Waals surface area contributed by atoms with Crippen molar-refractivity contribution in [3.05, 3.63) is 35.4 Å². The summed E-state index contributed by atoms with van der Waals surface area (Å²) in [5.74, 6) is 0.734. The molecule has 1 heterocycles. The van der Waals surface area contributed by atoms with Crippen LogP contribution in [0.5, 0.6) is 0 Å². The highest BCUT2D eigenvalue weighted by Crippen LogP contribution is 2.14. The number of rotatable bonds is 4. The van der Waals surface area contributed by atoms with E-state index in [0.717, 1.165) is 32.0 Å². The van der Waals surface area contributed by atoms with Crippen molar-refractivity contribution in [2.75, 3.05) is 13.1 Å². The monoisotopic (exact) mass is 268 g/mol. The lowest BCUT2D eigenvalue weighted by molar-refractivity contribution is 0.327. The third kappa shape index (κ3) is 4.60. The maximum atomic E-state index is 5.92. The number of hydrogen-bond donors (Lipinski definition) is 1. The highest BCUT2D eigenvalue weighted by molar-refractivity contribution is 5.85. The van der Waals surface area contributed by atoms with Crippen LogP contribution in [0, 0.1) is 5.92 Å². The molecular formula is C15H25ClN2. The van der Waals surface area contributed by atoms with Gasteiger partial charge in [-0.3, -0.25) is 4.90 Å². The average molecular weight is 269 g/mol. The first-order valence-electron chi connectivity index (χ1n) is 6.69. The van der Waals surface area contributed by atoms with Crippen LogP contribution < -0.4 is 5.73 Å². The minimum Gasteiger partial charge on any atom is -0.326 e. The minimum atomic E-state index is 0. The maximum Gasteiger partial charge on any atom is 0.0234 e. The molecule has 0 amide bonds. The van der Waals surface area contributed by atoms with E-state index < -0.39 is 0 Å². The zero-order valence-electron chi connectivity index (χ0n) is 11.4. The Morgan fingerprint density at radius 1 is 1.22 bits per heavy atom. The van der Waals surface area contributed by atoms with Crippen molar-refractivity contribution < 1.29 is 0 Å². The van der Waals surface area contributed by atoms with Gasteiger partial charge in [0.05, 0.1) is 0 Å². The number of nitrogens with zero attached hydrogens (tertiary/aromatic N) is 1. The van der Waals surface area contributed by atoms with Crippen molar-refractivity contribution in [1.82, 2.24) is 4.90 Å². The molecular weight excluding hydrogens is 244 g/mol. The SMILES string of the molecule is CC(C)Cc1ccc(CN2CCC(N)C2)cc1.Cl. The van der Waals surface area contributed by atoms with Crippen LogP contribution in [0.2, 0.25) is 0 Å². The standard InChI is InChI=1S/C15H24N2.ClH/c1-12(2)9-13-3-5-14(6-4-13)10-17-8-7-15(16)11-17;/h3-6,12,15H,7-11,16H2,1-2H3;1H. The first-order chi connectivity index (χ1) is 8.13. The molecule has 2 N–H and O–H groups in total. The summed E-state index contributed by atoms with van der Waals surface area (Å²) in [6, 6.07) is 9.45. The number of nitrogens with two attached hydrogens (primary N) is 1. The Balaban J connectivity index is 0.00000162. The molecule has 0 saturated carbocycles. The van der Waals surface area contributed by atoms with Gasteiger partial charge in [-0.1, -0.05) is 38.1 Å². The highest BCUT2D eigenvalue weighted by atomic mass is 35.5. The zero-order valence-corrected chi connectivity index (χ0v) is 12.2. The Labute approximate surface area is 117 Å². The molecule has 0 bridgehead atoms. The molecule has 1 atom stereocenters. The van der Waals surface area contributed by atoms with Crippen LogP contribution in [0.15, 0.2) is 24.3 Å². The van der Waals surface area contributed by atoms with Crippen molar-refractivity contribution in [2.45, 2.75) is 39.3 Å². The molecule has 1 aromatic carbocycles. The topological polar surface area (TPSA) is 29.3 Å². The lowest BCUT2D eigenvalue weighted by Gasteiger charge is -2.15. The van der Waals surface area contributed by atoms with E-state index in [1.165, 1.54) is 17.5 Å². The summed E-state index contributed by atoms with van der Waals surface area (Å²) >= 11 is 0. The average Bonchev–Trinajstić information content (AvgIpc) is 2.66. The summed E-state index contributed by atoms with van der Waals surface area (Å²) in [7, 11) is 0. The van der Waals surface area contributed by atoms with Crippen LogP contribution in [-0.4, -0.2) is 24.0 Å². The van der Waals surface area contributed by atoms with Crippen molar-refractivity contribution in [1.29, 1.82) is 0 Å². The zero-order chi connectivity index (χ0) is 12.3. The maximum absolute atomic E-state index is 5.92. The van der Waals surface area contributed by atoms with Gasteiger partial charge in [0.1, 0.15) is 0 Å². The fraction of sp³-hybridized carbons (Fsp3) is 0.600. The van der Waals surface area contributed by atoms with E-state index in [1.54, 1.807) is 0 Å². The molecule has 102 valence electrons. The predicted octanol–water partition coefficient (Wildman–Crippen LogP) is 2.84. The molecule has 18 heavy (non-hydrogen) atoms. The van der Waals surface area contributed by atoms with E-state index in [9.17, 15) is 0 Å². The quantitative estimate of drug-likeness (QED) is 0.910. The Hall–Kier alpha value is -0.570. The van der Waals surface area contributed by atoms with Crippen LogP contribution in [-0.2, 0) is 13.0 Å². The van der Waals surface area contributed by atoms with Gasteiger partial charge in [0.2, 0.25) is 0 Å². The van der Waals surface area contributed by atoms with Gasteiger partial charge in [0.15, 0.2) is 0 Å².